The summed E-state index contributed by atoms with van der Waals surface area (Å²) in [5.41, 5.74) is 3.94. The Labute approximate surface area is 249 Å². The summed E-state index contributed by atoms with van der Waals surface area (Å²) < 4.78 is 29.3. The molecule has 5 rings (SSSR count). The molecule has 2 N–H and O–H groups in total. The zero-order chi connectivity index (χ0) is 29.5. The monoisotopic (exact) mass is 576 g/mol. The van der Waals surface area contributed by atoms with Gasteiger partial charge in [-0.1, -0.05) is 30.3 Å². The summed E-state index contributed by atoms with van der Waals surface area (Å²) in [5, 5.41) is 14.3. The molecule has 0 saturated carbocycles. The van der Waals surface area contributed by atoms with Gasteiger partial charge in [0.15, 0.2) is 0 Å². The van der Waals surface area contributed by atoms with Gasteiger partial charge in [-0.3, -0.25) is 0 Å². The van der Waals surface area contributed by atoms with E-state index in [-0.39, 0.29) is 17.6 Å². The third-order valence-electron chi connectivity index (χ3n) is 8.30. The van der Waals surface area contributed by atoms with Crippen LogP contribution in [-0.2, 0) is 26.4 Å². The Morgan fingerprint density at radius 3 is 2.43 bits per heavy atom. The Kier molecular flexibility index (Phi) is 10.0. The molecule has 2 heterocycles. The van der Waals surface area contributed by atoms with Crippen molar-refractivity contribution in [2.45, 2.75) is 50.6 Å². The average molecular weight is 577 g/mol. The number of anilines is 1. The molecule has 226 valence electrons. The van der Waals surface area contributed by atoms with E-state index in [0.717, 1.165) is 65.7 Å². The molecule has 0 radical (unpaired) electrons. The van der Waals surface area contributed by atoms with Crippen LogP contribution in [0.5, 0.6) is 17.2 Å². The van der Waals surface area contributed by atoms with Gasteiger partial charge in [-0.2, -0.15) is 0 Å². The van der Waals surface area contributed by atoms with Crippen molar-refractivity contribution < 1.29 is 28.8 Å². The lowest BCUT2D eigenvalue weighted by Gasteiger charge is -2.36. The molecule has 0 aliphatic carbocycles. The van der Waals surface area contributed by atoms with E-state index < -0.39 is 6.10 Å². The number of methoxy groups -OCH3 is 2. The minimum absolute atomic E-state index is 0.151. The molecular formula is C34H44N2O6. The SMILES string of the molecule is COCCCN1CCOc2ccc(COC3CNCC(O)C3c3ccc(Oc4ccc(C(C)(C)OC)cc4)cc3)cc21. The summed E-state index contributed by atoms with van der Waals surface area (Å²) >= 11 is 0. The van der Waals surface area contributed by atoms with Crippen LogP contribution in [0.2, 0.25) is 0 Å². The molecule has 0 spiro atoms. The van der Waals surface area contributed by atoms with Gasteiger partial charge in [0, 0.05) is 46.4 Å². The summed E-state index contributed by atoms with van der Waals surface area (Å²) in [6.07, 6.45) is 0.231. The second-order valence-corrected chi connectivity index (χ2v) is 11.5. The van der Waals surface area contributed by atoms with Crippen molar-refractivity contribution in [3.8, 4) is 17.2 Å². The highest BCUT2D eigenvalue weighted by Crippen LogP contribution is 2.35. The molecule has 0 aromatic heterocycles. The first-order valence-corrected chi connectivity index (χ1v) is 14.8. The molecule has 2 aliphatic heterocycles. The Hall–Kier alpha value is -3.14. The van der Waals surface area contributed by atoms with E-state index in [0.29, 0.717) is 26.3 Å². The molecule has 42 heavy (non-hydrogen) atoms. The molecule has 8 nitrogen and oxygen atoms in total. The zero-order valence-electron chi connectivity index (χ0n) is 25.2. The quantitative estimate of drug-likeness (QED) is 0.284. The van der Waals surface area contributed by atoms with Crippen molar-refractivity contribution in [1.29, 1.82) is 0 Å². The van der Waals surface area contributed by atoms with E-state index in [1.165, 1.54) is 0 Å². The lowest BCUT2D eigenvalue weighted by atomic mass is 9.85. The number of nitrogens with one attached hydrogen (secondary N) is 1. The van der Waals surface area contributed by atoms with E-state index >= 15 is 0 Å². The van der Waals surface area contributed by atoms with Gasteiger partial charge < -0.3 is 39.0 Å². The Morgan fingerprint density at radius 2 is 1.71 bits per heavy atom. The first kappa shape index (κ1) is 30.3. The lowest BCUT2D eigenvalue weighted by molar-refractivity contribution is -0.0328. The molecule has 3 unspecified atom stereocenters. The number of hydrogen-bond acceptors (Lipinski definition) is 8. The first-order chi connectivity index (χ1) is 20.4. The van der Waals surface area contributed by atoms with Gasteiger partial charge >= 0.3 is 0 Å². The smallest absolute Gasteiger partial charge is 0.142 e. The van der Waals surface area contributed by atoms with Crippen LogP contribution in [0.25, 0.3) is 0 Å². The number of nitrogens with zero attached hydrogens (tertiary/aromatic N) is 1. The zero-order valence-corrected chi connectivity index (χ0v) is 25.2. The Morgan fingerprint density at radius 1 is 0.976 bits per heavy atom. The number of piperidine rings is 1. The van der Waals surface area contributed by atoms with Gasteiger partial charge in [-0.25, -0.2) is 0 Å². The molecule has 3 aromatic carbocycles. The van der Waals surface area contributed by atoms with Gasteiger partial charge in [0.05, 0.1) is 36.6 Å². The predicted octanol–water partition coefficient (Wildman–Crippen LogP) is 5.23. The van der Waals surface area contributed by atoms with Crippen LogP contribution >= 0.6 is 0 Å². The van der Waals surface area contributed by atoms with Crippen LogP contribution in [-0.4, -0.2) is 70.9 Å². The fourth-order valence-corrected chi connectivity index (χ4v) is 5.65. The van der Waals surface area contributed by atoms with Gasteiger partial charge in [0.1, 0.15) is 23.9 Å². The highest BCUT2D eigenvalue weighted by Gasteiger charge is 2.34. The van der Waals surface area contributed by atoms with Gasteiger partial charge in [-0.05, 0) is 73.4 Å². The van der Waals surface area contributed by atoms with Crippen molar-refractivity contribution in [3.05, 3.63) is 83.4 Å². The van der Waals surface area contributed by atoms with E-state index in [1.54, 1.807) is 14.2 Å². The molecule has 2 aliphatic rings. The van der Waals surface area contributed by atoms with Crippen LogP contribution in [0.3, 0.4) is 0 Å². The number of β-amino-alcohol motifs (C(OH)–C–C–N with tert-alkyl or cyclic N) is 1. The standard InChI is InChI=1S/C34H44N2O6/c1-34(2,39-4)26-9-13-28(14-10-26)42-27-11-7-25(8-12-27)33-30(37)21-35-22-32(33)41-23-24-6-15-31-29(20-24)36(17-19-40-31)16-5-18-38-3/h6-15,20,30,32-33,35,37H,5,16-19,21-23H2,1-4H3. The third-order valence-corrected chi connectivity index (χ3v) is 8.30. The van der Waals surface area contributed by atoms with Crippen molar-refractivity contribution >= 4 is 5.69 Å². The number of hydrogen-bond donors (Lipinski definition) is 2. The van der Waals surface area contributed by atoms with Crippen LogP contribution in [0, 0.1) is 0 Å². The number of aliphatic hydroxyl groups is 1. The average Bonchev–Trinajstić information content (AvgIpc) is 3.01. The fourth-order valence-electron chi connectivity index (χ4n) is 5.65. The summed E-state index contributed by atoms with van der Waals surface area (Å²) in [6, 6.07) is 22.2. The largest absolute Gasteiger partial charge is 0.490 e. The van der Waals surface area contributed by atoms with Crippen molar-refractivity contribution in [2.24, 2.45) is 0 Å². The summed E-state index contributed by atoms with van der Waals surface area (Å²) in [6.45, 7) is 8.93. The van der Waals surface area contributed by atoms with Crippen LogP contribution in [0.1, 0.15) is 42.9 Å². The van der Waals surface area contributed by atoms with Crippen LogP contribution in [0.15, 0.2) is 66.7 Å². The molecule has 8 heteroatoms. The summed E-state index contributed by atoms with van der Waals surface area (Å²) in [5.74, 6) is 2.26. The van der Waals surface area contributed by atoms with E-state index in [9.17, 15) is 5.11 Å². The molecule has 0 amide bonds. The lowest BCUT2D eigenvalue weighted by Crippen LogP contribution is -2.49. The highest BCUT2D eigenvalue weighted by atomic mass is 16.5. The summed E-state index contributed by atoms with van der Waals surface area (Å²) in [7, 11) is 3.45. The number of ether oxygens (including phenoxy) is 5. The second kappa shape index (κ2) is 13.9. The number of benzene rings is 3. The van der Waals surface area contributed by atoms with Gasteiger partial charge in [0.25, 0.3) is 0 Å². The Balaban J connectivity index is 1.23. The minimum Gasteiger partial charge on any atom is -0.490 e. The van der Waals surface area contributed by atoms with Crippen LogP contribution < -0.4 is 19.7 Å². The van der Waals surface area contributed by atoms with Crippen molar-refractivity contribution in [2.75, 3.05) is 58.5 Å². The minimum atomic E-state index is -0.555. The molecular weight excluding hydrogens is 532 g/mol. The van der Waals surface area contributed by atoms with Crippen molar-refractivity contribution in [3.63, 3.8) is 0 Å². The number of fused-ring (bicyclic) bond motifs is 1. The van der Waals surface area contributed by atoms with E-state index in [2.05, 4.69) is 22.3 Å². The number of aliphatic hydroxyl groups excluding tert-OH is 1. The second-order valence-electron chi connectivity index (χ2n) is 11.5. The maximum Gasteiger partial charge on any atom is 0.142 e. The van der Waals surface area contributed by atoms with Gasteiger partial charge in [-0.15, -0.1) is 0 Å². The normalized spacial score (nSPS) is 20.6. The first-order valence-electron chi connectivity index (χ1n) is 14.8. The highest BCUT2D eigenvalue weighted by molar-refractivity contribution is 5.61. The van der Waals surface area contributed by atoms with E-state index in [4.69, 9.17) is 23.7 Å². The topological polar surface area (TPSA) is 81.7 Å². The van der Waals surface area contributed by atoms with E-state index in [1.807, 2.05) is 68.4 Å². The van der Waals surface area contributed by atoms with Crippen LogP contribution in [0.4, 0.5) is 5.69 Å². The molecule has 3 aromatic rings. The van der Waals surface area contributed by atoms with Crippen molar-refractivity contribution in [1.82, 2.24) is 5.32 Å². The predicted molar refractivity (Wildman–Crippen MR) is 164 cm³/mol. The molecule has 3 atom stereocenters. The molecule has 1 fully saturated rings. The molecule has 0 bridgehead atoms. The summed E-state index contributed by atoms with van der Waals surface area (Å²) in [4.78, 5) is 2.36. The third kappa shape index (κ3) is 7.25. The molecule has 1 saturated heterocycles. The number of rotatable bonds is 12. The Bertz CT molecular complexity index is 1280. The maximum atomic E-state index is 11.0. The maximum absolute atomic E-state index is 11.0. The fraction of sp³-hybridized carbons (Fsp3) is 0.471. The van der Waals surface area contributed by atoms with Gasteiger partial charge in [0.2, 0.25) is 0 Å².